The first-order valence-electron chi connectivity index (χ1n) is 9.20. The van der Waals surface area contributed by atoms with E-state index in [1.54, 1.807) is 38.2 Å². The number of nitrogens with two attached hydrogens (primary N) is 1. The maximum Gasteiger partial charge on any atom is 0.416 e. The highest BCUT2D eigenvalue weighted by Crippen LogP contribution is 2.48. The fourth-order valence-electron chi connectivity index (χ4n) is 2.80. The van der Waals surface area contributed by atoms with E-state index in [4.69, 9.17) is 14.8 Å². The van der Waals surface area contributed by atoms with Crippen LogP contribution in [0.4, 0.5) is 24.5 Å². The third-order valence-electron chi connectivity index (χ3n) is 4.07. The lowest BCUT2D eigenvalue weighted by atomic mass is 9.99. The standard InChI is InChI=1S/C19H25F3N3O3P/c1-3-27-29(26,28-4-2)13-25-18-11-14(8-9-15-7-5-6-10-24-15)16(12-17(18)23)19(20,21)22/h5-7,10-12,25H,3-4,8-9,13,23H2,1-2H3. The number of alkyl halides is 3. The van der Waals surface area contributed by atoms with Gasteiger partial charge in [0.1, 0.15) is 6.29 Å². The third kappa shape index (κ3) is 6.73. The van der Waals surface area contributed by atoms with Crippen molar-refractivity contribution in [2.24, 2.45) is 0 Å². The summed E-state index contributed by atoms with van der Waals surface area (Å²) >= 11 is 0. The van der Waals surface area contributed by atoms with Gasteiger partial charge in [-0.15, -0.1) is 0 Å². The van der Waals surface area contributed by atoms with Crippen LogP contribution in [0.3, 0.4) is 0 Å². The molecule has 2 aromatic rings. The minimum atomic E-state index is -4.54. The first-order valence-corrected chi connectivity index (χ1v) is 10.9. The Bertz CT molecular complexity index is 838. The third-order valence-corrected chi connectivity index (χ3v) is 5.92. The molecule has 29 heavy (non-hydrogen) atoms. The van der Waals surface area contributed by atoms with Crippen molar-refractivity contribution in [2.45, 2.75) is 32.9 Å². The molecule has 10 heteroatoms. The van der Waals surface area contributed by atoms with Crippen molar-refractivity contribution >= 4 is 19.0 Å². The second-order valence-electron chi connectivity index (χ2n) is 6.20. The Morgan fingerprint density at radius 1 is 1.14 bits per heavy atom. The number of benzene rings is 1. The van der Waals surface area contributed by atoms with Crippen LogP contribution in [-0.4, -0.2) is 24.5 Å². The largest absolute Gasteiger partial charge is 0.416 e. The van der Waals surface area contributed by atoms with E-state index < -0.39 is 19.3 Å². The van der Waals surface area contributed by atoms with Crippen molar-refractivity contribution in [2.75, 3.05) is 30.6 Å². The van der Waals surface area contributed by atoms with Gasteiger partial charge < -0.3 is 20.1 Å². The van der Waals surface area contributed by atoms with E-state index >= 15 is 0 Å². The predicted octanol–water partition coefficient (Wildman–Crippen LogP) is 5.10. The van der Waals surface area contributed by atoms with Gasteiger partial charge in [-0.1, -0.05) is 6.07 Å². The minimum absolute atomic E-state index is 0.0718. The van der Waals surface area contributed by atoms with E-state index in [2.05, 4.69) is 10.3 Å². The molecule has 0 aliphatic heterocycles. The zero-order chi connectivity index (χ0) is 21.5. The summed E-state index contributed by atoms with van der Waals surface area (Å²) in [4.78, 5) is 4.14. The monoisotopic (exact) mass is 431 g/mol. The van der Waals surface area contributed by atoms with Gasteiger partial charge in [0.15, 0.2) is 0 Å². The van der Waals surface area contributed by atoms with Crippen molar-refractivity contribution in [3.8, 4) is 0 Å². The van der Waals surface area contributed by atoms with Gasteiger partial charge in [0.05, 0.1) is 30.2 Å². The Hall–Kier alpha value is -2.09. The van der Waals surface area contributed by atoms with Crippen LogP contribution in [0.5, 0.6) is 0 Å². The molecule has 1 aromatic carbocycles. The summed E-state index contributed by atoms with van der Waals surface area (Å²) in [6, 6.07) is 7.50. The van der Waals surface area contributed by atoms with Crippen LogP contribution in [0, 0.1) is 0 Å². The fourth-order valence-corrected chi connectivity index (χ4v) is 4.21. The number of hydrogen-bond donors (Lipinski definition) is 2. The van der Waals surface area contributed by atoms with Gasteiger partial charge in [-0.3, -0.25) is 9.55 Å². The van der Waals surface area contributed by atoms with Gasteiger partial charge in [0.2, 0.25) is 0 Å². The van der Waals surface area contributed by atoms with Crippen LogP contribution in [0.25, 0.3) is 0 Å². The summed E-state index contributed by atoms with van der Waals surface area (Å²) in [5, 5.41) is 2.82. The van der Waals surface area contributed by atoms with Crippen LogP contribution < -0.4 is 11.1 Å². The Balaban J connectivity index is 2.27. The van der Waals surface area contributed by atoms with Gasteiger partial charge in [-0.05, 0) is 56.5 Å². The summed E-state index contributed by atoms with van der Waals surface area (Å²) in [6.07, 6.45) is -2.70. The van der Waals surface area contributed by atoms with E-state index in [1.165, 1.54) is 6.07 Å². The van der Waals surface area contributed by atoms with Crippen LogP contribution in [-0.2, 0) is 32.6 Å². The molecule has 0 saturated carbocycles. The first kappa shape index (κ1) is 23.2. The van der Waals surface area contributed by atoms with Crippen molar-refractivity contribution in [1.82, 2.24) is 4.98 Å². The highest BCUT2D eigenvalue weighted by molar-refractivity contribution is 7.53. The normalized spacial score (nSPS) is 12.2. The number of aromatic nitrogens is 1. The molecule has 0 bridgehead atoms. The lowest BCUT2D eigenvalue weighted by Gasteiger charge is -2.21. The summed E-state index contributed by atoms with van der Waals surface area (Å²) in [6.45, 7) is 3.70. The average Bonchev–Trinajstić information content (AvgIpc) is 2.66. The maximum absolute atomic E-state index is 13.5. The number of anilines is 2. The second kappa shape index (κ2) is 10.1. The number of hydrogen-bond acceptors (Lipinski definition) is 6. The maximum atomic E-state index is 13.5. The Morgan fingerprint density at radius 3 is 2.38 bits per heavy atom. The van der Waals surface area contributed by atoms with E-state index in [0.717, 1.165) is 6.07 Å². The molecule has 0 radical (unpaired) electrons. The Kier molecular flexibility index (Phi) is 8.07. The zero-order valence-electron chi connectivity index (χ0n) is 16.3. The molecule has 0 fully saturated rings. The van der Waals surface area contributed by atoms with Crippen molar-refractivity contribution in [1.29, 1.82) is 0 Å². The van der Waals surface area contributed by atoms with Gasteiger partial charge in [0.25, 0.3) is 0 Å². The summed E-state index contributed by atoms with van der Waals surface area (Å²) < 4.78 is 63.4. The van der Waals surface area contributed by atoms with Crippen LogP contribution in [0.2, 0.25) is 0 Å². The highest BCUT2D eigenvalue weighted by atomic mass is 31.2. The number of halogens is 3. The fraction of sp³-hybridized carbons (Fsp3) is 0.421. The van der Waals surface area contributed by atoms with Gasteiger partial charge in [-0.2, -0.15) is 13.2 Å². The lowest BCUT2D eigenvalue weighted by molar-refractivity contribution is -0.138. The molecule has 3 N–H and O–H groups in total. The van der Waals surface area contributed by atoms with Crippen molar-refractivity contribution < 1.29 is 26.8 Å². The summed E-state index contributed by atoms with van der Waals surface area (Å²) in [5.74, 6) is 0. The number of rotatable bonds is 10. The van der Waals surface area contributed by atoms with E-state index in [1.807, 2.05) is 0 Å². The van der Waals surface area contributed by atoms with E-state index in [-0.39, 0.29) is 42.9 Å². The molecule has 0 saturated heterocycles. The van der Waals surface area contributed by atoms with E-state index in [0.29, 0.717) is 12.1 Å². The van der Waals surface area contributed by atoms with E-state index in [9.17, 15) is 17.7 Å². The molecular formula is C19H25F3N3O3P. The second-order valence-corrected chi connectivity index (χ2v) is 8.25. The van der Waals surface area contributed by atoms with Gasteiger partial charge in [-0.25, -0.2) is 0 Å². The Morgan fingerprint density at radius 2 is 1.83 bits per heavy atom. The number of pyridine rings is 1. The van der Waals surface area contributed by atoms with Crippen molar-refractivity contribution in [3.63, 3.8) is 0 Å². The molecule has 0 unspecified atom stereocenters. The molecule has 160 valence electrons. The average molecular weight is 431 g/mol. The highest BCUT2D eigenvalue weighted by Gasteiger charge is 2.34. The van der Waals surface area contributed by atoms with Gasteiger partial charge >= 0.3 is 13.8 Å². The molecule has 0 atom stereocenters. The molecule has 2 rings (SSSR count). The number of nitrogen functional groups attached to an aromatic ring is 1. The van der Waals surface area contributed by atoms with Crippen LogP contribution >= 0.6 is 7.60 Å². The molecule has 6 nitrogen and oxygen atoms in total. The quantitative estimate of drug-likeness (QED) is 0.402. The molecule has 0 aliphatic rings. The summed E-state index contributed by atoms with van der Waals surface area (Å²) in [7, 11) is -3.43. The predicted molar refractivity (Wildman–Crippen MR) is 107 cm³/mol. The lowest BCUT2D eigenvalue weighted by Crippen LogP contribution is -2.14. The molecule has 0 aliphatic carbocycles. The molecule has 0 amide bonds. The zero-order valence-corrected chi connectivity index (χ0v) is 17.2. The molecule has 1 aromatic heterocycles. The number of nitrogens with zero attached hydrogens (tertiary/aromatic N) is 1. The van der Waals surface area contributed by atoms with Crippen LogP contribution in [0.1, 0.15) is 30.7 Å². The first-order chi connectivity index (χ1) is 13.7. The SMILES string of the molecule is CCOP(=O)(CNc1cc(CCc2ccccn2)c(C(F)(F)F)cc1N)OCC. The number of aryl methyl sites for hydroxylation is 2. The smallest absolute Gasteiger partial charge is 0.397 e. The number of nitrogens with one attached hydrogen (secondary N) is 1. The minimum Gasteiger partial charge on any atom is -0.397 e. The summed E-state index contributed by atoms with van der Waals surface area (Å²) in [5.41, 5.74) is 5.93. The van der Waals surface area contributed by atoms with Crippen LogP contribution in [0.15, 0.2) is 36.5 Å². The topological polar surface area (TPSA) is 86.5 Å². The van der Waals surface area contributed by atoms with Crippen molar-refractivity contribution in [3.05, 3.63) is 53.3 Å². The van der Waals surface area contributed by atoms with Gasteiger partial charge in [0, 0.05) is 11.9 Å². The Labute approximate surface area is 168 Å². The molecule has 0 spiro atoms. The molecule has 1 heterocycles. The molecular weight excluding hydrogens is 406 g/mol.